The molecule has 115 heavy (non-hydrogen) atoms. The van der Waals surface area contributed by atoms with E-state index in [2.05, 4.69) is 119 Å². The molecule has 0 spiro atoms. The summed E-state index contributed by atoms with van der Waals surface area (Å²) in [5, 5.41) is 43.2. The molecule has 0 atom stereocenters. The molecule has 0 aliphatic heterocycles. The first-order valence-corrected chi connectivity index (χ1v) is 39.7. The van der Waals surface area contributed by atoms with E-state index in [0.29, 0.717) is 35.6 Å². The summed E-state index contributed by atoms with van der Waals surface area (Å²) in [7, 11) is 1.64. The predicted molar refractivity (Wildman–Crippen MR) is 461 cm³/mol. The Bertz CT molecular complexity index is 6010. The predicted octanol–water partition coefficient (Wildman–Crippen LogP) is 21.6. The number of anilines is 12. The molecule has 0 saturated carbocycles. The minimum Gasteiger partial charge on any atom is -0.507 e. The van der Waals surface area contributed by atoms with Gasteiger partial charge in [0.15, 0.2) is 0 Å². The fourth-order valence-electron chi connectivity index (χ4n) is 10.5. The smallest absolute Gasteiger partial charge is 0.228 e. The first-order valence-electron chi connectivity index (χ1n) is 35.3. The molecule has 0 aliphatic carbocycles. The number of thiazole rings is 5. The summed E-state index contributed by atoms with van der Waals surface area (Å²) in [5.41, 5.74) is 12.5. The molecule has 0 aliphatic rings. The van der Waals surface area contributed by atoms with Gasteiger partial charge in [-0.1, -0.05) is 96.6 Å². The molecule has 0 saturated heterocycles. The third kappa shape index (κ3) is 22.6. The number of ether oxygens (including phenoxy) is 2. The molecule has 566 valence electrons. The molecule has 0 bridgehead atoms. The largest absolute Gasteiger partial charge is 0.507 e. The van der Waals surface area contributed by atoms with E-state index in [1.807, 2.05) is 246 Å². The van der Waals surface area contributed by atoms with Crippen LogP contribution in [0.2, 0.25) is 0 Å². The van der Waals surface area contributed by atoms with Crippen molar-refractivity contribution in [2.75, 3.05) is 39.0 Å². The van der Waals surface area contributed by atoms with Gasteiger partial charge in [-0.2, -0.15) is 0 Å². The summed E-state index contributed by atoms with van der Waals surface area (Å²) >= 11 is 7.75. The summed E-state index contributed by atoms with van der Waals surface area (Å²) in [6, 6.07) is 71.1. The summed E-state index contributed by atoms with van der Waals surface area (Å²) in [6.07, 6.45) is 17.5. The van der Waals surface area contributed by atoms with Gasteiger partial charge >= 0.3 is 0 Å². The molecule has 11 heterocycles. The zero-order chi connectivity index (χ0) is 78.6. The second-order valence-electron chi connectivity index (χ2n) is 24.1. The van der Waals surface area contributed by atoms with Gasteiger partial charge in [-0.15, -0.1) is 56.7 Å². The summed E-state index contributed by atoms with van der Waals surface area (Å²) in [4.78, 5) is 69.7. The molecule has 25 nitrogen and oxygen atoms in total. The molecule has 11 aromatic heterocycles. The second-order valence-corrected chi connectivity index (χ2v) is 28.6. The maximum absolute atomic E-state index is 10.0. The number of nitrogens with zero attached hydrogens (tertiary/aromatic N) is 16. The van der Waals surface area contributed by atoms with Crippen LogP contribution < -0.4 is 41.4 Å². The zero-order valence-electron chi connectivity index (χ0n) is 61.5. The Labute approximate surface area is 681 Å². The lowest BCUT2D eigenvalue weighted by molar-refractivity contribution is 0.415. The van der Waals surface area contributed by atoms with E-state index in [0.717, 1.165) is 122 Å². The number of aromatic hydroxyl groups is 1. The Balaban J connectivity index is 0.000000119. The summed E-state index contributed by atoms with van der Waals surface area (Å²) in [5.74, 6) is 6.64. The highest BCUT2D eigenvalue weighted by molar-refractivity contribution is 7.14. The number of para-hydroxylation sites is 3. The highest BCUT2D eigenvalue weighted by Crippen LogP contribution is 2.34. The van der Waals surface area contributed by atoms with Crippen molar-refractivity contribution < 1.29 is 14.6 Å². The number of hydrogen-bond acceptors (Lipinski definition) is 30. The van der Waals surface area contributed by atoms with Crippen molar-refractivity contribution in [1.82, 2.24) is 79.7 Å². The van der Waals surface area contributed by atoms with Crippen molar-refractivity contribution in [2.45, 2.75) is 13.8 Å². The lowest BCUT2D eigenvalue weighted by atomic mass is 10.0. The molecule has 18 aromatic rings. The van der Waals surface area contributed by atoms with Crippen LogP contribution >= 0.6 is 56.7 Å². The first kappa shape index (κ1) is 77.2. The van der Waals surface area contributed by atoms with Crippen LogP contribution in [0.1, 0.15) is 11.1 Å². The van der Waals surface area contributed by atoms with Gasteiger partial charge in [-0.05, 0) is 152 Å². The van der Waals surface area contributed by atoms with Crippen LogP contribution in [0, 0.1) is 13.8 Å². The number of aryl methyl sites for hydroxylation is 2. The molecule has 18 rings (SSSR count). The van der Waals surface area contributed by atoms with Crippen molar-refractivity contribution in [3.05, 3.63) is 324 Å². The van der Waals surface area contributed by atoms with Gasteiger partial charge in [-0.25, -0.2) is 79.7 Å². The van der Waals surface area contributed by atoms with Crippen LogP contribution in [0.3, 0.4) is 0 Å². The molecule has 0 fully saturated rings. The number of benzene rings is 7. The molecular weight excluding hydrogens is 1540 g/mol. The van der Waals surface area contributed by atoms with Gasteiger partial charge in [-0.3, -0.25) is 0 Å². The van der Waals surface area contributed by atoms with Gasteiger partial charge in [0, 0.05) is 129 Å². The van der Waals surface area contributed by atoms with Crippen molar-refractivity contribution in [3.8, 4) is 87.6 Å². The summed E-state index contributed by atoms with van der Waals surface area (Å²) in [6.45, 7) is 4.04. The number of pyridine rings is 1. The van der Waals surface area contributed by atoms with Crippen LogP contribution in [0.5, 0.6) is 23.0 Å². The maximum atomic E-state index is 10.0. The third-order valence-corrected chi connectivity index (χ3v) is 19.9. The van der Waals surface area contributed by atoms with Crippen molar-refractivity contribution in [2.24, 2.45) is 0 Å². The Morgan fingerprint density at radius 1 is 0.304 bits per heavy atom. The summed E-state index contributed by atoms with van der Waals surface area (Å²) < 4.78 is 11.0. The molecule has 0 unspecified atom stereocenters. The van der Waals surface area contributed by atoms with Crippen molar-refractivity contribution in [3.63, 3.8) is 0 Å². The number of hydrogen-bond donors (Lipinski definition) is 7. The third-order valence-electron chi connectivity index (χ3n) is 15.9. The van der Waals surface area contributed by atoms with E-state index >= 15 is 0 Å². The highest BCUT2D eigenvalue weighted by Gasteiger charge is 2.14. The quantitative estimate of drug-likeness (QED) is 0.0351. The number of rotatable bonds is 21. The Morgan fingerprint density at radius 2 is 0.713 bits per heavy atom. The van der Waals surface area contributed by atoms with E-state index in [1.165, 1.54) is 28.2 Å². The van der Waals surface area contributed by atoms with Gasteiger partial charge in [0.05, 0.1) is 7.11 Å². The number of phenolic OH excluding ortho intramolecular Hbond substituents is 1. The molecule has 7 aromatic carbocycles. The number of phenols is 1. The van der Waals surface area contributed by atoms with Gasteiger partial charge in [0.1, 0.15) is 88.1 Å². The van der Waals surface area contributed by atoms with E-state index in [9.17, 15) is 5.11 Å². The topological polar surface area (TPSA) is 317 Å². The lowest BCUT2D eigenvalue weighted by Crippen LogP contribution is -2.01. The molecule has 7 N–H and O–H groups in total. The number of aromatic nitrogens is 16. The zero-order valence-corrected chi connectivity index (χ0v) is 65.6. The number of nitrogens with one attached hydrogen (secondary N) is 6. The van der Waals surface area contributed by atoms with Crippen LogP contribution in [0.25, 0.3) is 64.6 Å². The van der Waals surface area contributed by atoms with Gasteiger partial charge in [0.25, 0.3) is 0 Å². The Kier molecular flexibility index (Phi) is 26.4. The van der Waals surface area contributed by atoms with Crippen molar-refractivity contribution >= 4 is 126 Å². The average Bonchev–Trinajstić information content (AvgIpc) is 1.76. The van der Waals surface area contributed by atoms with Crippen LogP contribution in [0.15, 0.2) is 313 Å². The molecule has 0 radical (unpaired) electrons. The van der Waals surface area contributed by atoms with E-state index in [1.54, 1.807) is 115 Å². The number of methoxy groups -OCH3 is 1. The van der Waals surface area contributed by atoms with Gasteiger partial charge in [0.2, 0.25) is 29.7 Å². The SMILES string of the molecule is COc1ccc(Nc2nccc(-c3nccs3)n2)cc1.Cc1ccc(Nc2nccc(-c3nccs3)n2)cc1.Cc1cnc(Nc2cccc(Oc3ccccc3)c2)nc1-c1nccs1.Oc1ccccc1-c1cccc(Nc2nccc(-c3nccs3)n2)c1.c1ccc(Nc2cccc(Nc3nccc(-c4nccs4)n3)n2)cc1. The second kappa shape index (κ2) is 39.4. The monoisotopic (exact) mass is 1600 g/mol. The Hall–Kier alpha value is -14.6. The first-order chi connectivity index (χ1) is 56.6. The highest BCUT2D eigenvalue weighted by atomic mass is 32.1. The Morgan fingerprint density at radius 3 is 1.22 bits per heavy atom. The van der Waals surface area contributed by atoms with Crippen LogP contribution in [0.4, 0.5) is 69.8 Å². The van der Waals surface area contributed by atoms with Crippen LogP contribution in [-0.2, 0) is 0 Å². The molecule has 0 amide bonds. The minimum atomic E-state index is 0.252. The fraction of sp³-hybridized carbons (Fsp3) is 0.0353. The standard InChI is InChI=1S/C20H16N4OS.C19H14N4OS.C18H14N6S.C14H12N4OS.C14H12N4S/c1-14-13-22-20(24-18(14)19-21-10-11-26-19)23-15-6-5-9-17(12-15)25-16-7-3-2-4-8-16;24-17-7-2-1-6-15(17)13-4-3-5-14(12-13)22-19-21-9-8-16(23-19)18-20-10-11-25-18;1-2-5-13(6-3-1)21-15-7-4-8-16(23-15)24-18-20-10-9-14(22-18)17-19-11-12-25-17;1-19-11-4-2-10(3-5-11)17-14-16-7-6-12(18-14)13-15-8-9-20-13;1-10-2-4-11(5-3-10)17-14-16-7-6-12(18-14)13-15-8-9-19-13/h2-13H,1H3,(H,22,23,24);1-12,24H,(H,21,22,23);1-12H,(H2,20,21,22,23,24);2-9H,1H3,(H,16,17,18);2-9H,1H3,(H,16,17,18). The van der Waals surface area contributed by atoms with E-state index < -0.39 is 0 Å². The fourth-order valence-corrected chi connectivity index (χ4v) is 13.7. The molecule has 30 heteroatoms. The lowest BCUT2D eigenvalue weighted by Gasteiger charge is -2.10. The average molecular weight is 1610 g/mol. The van der Waals surface area contributed by atoms with E-state index in [4.69, 9.17) is 9.47 Å². The normalized spacial score (nSPS) is 10.4. The van der Waals surface area contributed by atoms with Crippen molar-refractivity contribution in [1.29, 1.82) is 0 Å². The maximum Gasteiger partial charge on any atom is 0.228 e. The van der Waals surface area contributed by atoms with Crippen LogP contribution in [-0.4, -0.2) is 92.0 Å². The minimum absolute atomic E-state index is 0.252. The molecular formula is C85H68N22O3S5. The van der Waals surface area contributed by atoms with Gasteiger partial charge < -0.3 is 46.5 Å². The van der Waals surface area contributed by atoms with E-state index in [-0.39, 0.29) is 5.75 Å².